The maximum absolute atomic E-state index is 5.53. The highest BCUT2D eigenvalue weighted by atomic mass is 16.5. The number of nitrogens with zero attached hydrogens (tertiary/aromatic N) is 1. The predicted octanol–water partition coefficient (Wildman–Crippen LogP) is 2.94. The first-order valence-electron chi connectivity index (χ1n) is 7.67. The molecule has 0 aromatic heterocycles. The summed E-state index contributed by atoms with van der Waals surface area (Å²) in [6, 6.07) is 6.26. The molecule has 1 aromatic carbocycles. The second-order valence-electron chi connectivity index (χ2n) is 5.70. The molecule has 0 aliphatic carbocycles. The van der Waals surface area contributed by atoms with Gasteiger partial charge in [0.05, 0.1) is 14.2 Å². The van der Waals surface area contributed by atoms with Crippen LogP contribution in [0.25, 0.3) is 0 Å². The maximum atomic E-state index is 5.53. The largest absolute Gasteiger partial charge is 0.497 e. The van der Waals surface area contributed by atoms with Gasteiger partial charge in [0.2, 0.25) is 0 Å². The lowest BCUT2D eigenvalue weighted by Crippen LogP contribution is -2.36. The van der Waals surface area contributed by atoms with Crippen molar-refractivity contribution in [2.75, 3.05) is 40.9 Å². The maximum Gasteiger partial charge on any atom is 0.127 e. The van der Waals surface area contributed by atoms with Crippen molar-refractivity contribution < 1.29 is 9.47 Å². The minimum Gasteiger partial charge on any atom is -0.497 e. The Labute approximate surface area is 129 Å². The summed E-state index contributed by atoms with van der Waals surface area (Å²) >= 11 is 0. The van der Waals surface area contributed by atoms with Gasteiger partial charge in [-0.15, -0.1) is 0 Å². The molecule has 1 N–H and O–H groups in total. The molecule has 21 heavy (non-hydrogen) atoms. The van der Waals surface area contributed by atoms with Crippen LogP contribution >= 0.6 is 0 Å². The summed E-state index contributed by atoms with van der Waals surface area (Å²) < 4.78 is 10.8. The summed E-state index contributed by atoms with van der Waals surface area (Å²) in [4.78, 5) is 2.47. The third kappa shape index (κ3) is 5.21. The normalized spacial score (nSPS) is 12.8. The lowest BCUT2D eigenvalue weighted by molar-refractivity contribution is 0.230. The number of hydrogen-bond acceptors (Lipinski definition) is 4. The van der Waals surface area contributed by atoms with Crippen molar-refractivity contribution in [3.05, 3.63) is 23.8 Å². The predicted molar refractivity (Wildman–Crippen MR) is 88.3 cm³/mol. The van der Waals surface area contributed by atoms with E-state index in [0.717, 1.165) is 31.1 Å². The van der Waals surface area contributed by atoms with Gasteiger partial charge in [0.1, 0.15) is 11.5 Å². The van der Waals surface area contributed by atoms with Gasteiger partial charge in [-0.3, -0.25) is 0 Å². The number of likely N-dealkylation sites (N-methyl/N-ethyl adjacent to an activating group) is 2. The van der Waals surface area contributed by atoms with Crippen LogP contribution in [0.5, 0.6) is 11.5 Å². The van der Waals surface area contributed by atoms with Gasteiger partial charge in [0, 0.05) is 30.8 Å². The third-order valence-corrected chi connectivity index (χ3v) is 3.68. The molecule has 4 heteroatoms. The minimum atomic E-state index is 0.240. The van der Waals surface area contributed by atoms with Gasteiger partial charge in [-0.05, 0) is 25.6 Å². The van der Waals surface area contributed by atoms with E-state index in [2.05, 4.69) is 37.1 Å². The van der Waals surface area contributed by atoms with Crippen molar-refractivity contribution in [2.45, 2.75) is 26.8 Å². The molecule has 0 aliphatic rings. The first kappa shape index (κ1) is 17.8. The molecule has 1 aromatic rings. The fourth-order valence-electron chi connectivity index (χ4n) is 2.56. The molecule has 0 bridgehead atoms. The third-order valence-electron chi connectivity index (χ3n) is 3.68. The first-order valence-corrected chi connectivity index (χ1v) is 7.67. The fourth-order valence-corrected chi connectivity index (χ4v) is 2.56. The molecule has 120 valence electrons. The van der Waals surface area contributed by atoms with Gasteiger partial charge in [-0.1, -0.05) is 26.8 Å². The summed E-state index contributed by atoms with van der Waals surface area (Å²) in [5.74, 6) is 2.36. The Hall–Kier alpha value is -1.26. The van der Waals surface area contributed by atoms with E-state index in [1.807, 2.05) is 19.2 Å². The lowest BCUT2D eigenvalue weighted by atomic mass is 10.0. The van der Waals surface area contributed by atoms with Crippen LogP contribution in [0.2, 0.25) is 0 Å². The monoisotopic (exact) mass is 294 g/mol. The summed E-state index contributed by atoms with van der Waals surface area (Å²) in [6.45, 7) is 9.84. The van der Waals surface area contributed by atoms with Gasteiger partial charge in [-0.2, -0.15) is 0 Å². The number of benzene rings is 1. The van der Waals surface area contributed by atoms with Gasteiger partial charge < -0.3 is 19.7 Å². The number of nitrogens with one attached hydrogen (secondary N) is 1. The molecule has 0 aliphatic heterocycles. The SMILES string of the molecule is CCN(CC(C)C)CC(NC)c1ccc(OC)cc1OC. The fraction of sp³-hybridized carbons (Fsp3) is 0.647. The van der Waals surface area contributed by atoms with Crippen molar-refractivity contribution in [3.8, 4) is 11.5 Å². The highest BCUT2D eigenvalue weighted by Crippen LogP contribution is 2.29. The van der Waals surface area contributed by atoms with Gasteiger partial charge in [0.25, 0.3) is 0 Å². The molecular weight excluding hydrogens is 264 g/mol. The molecule has 0 saturated heterocycles. The van der Waals surface area contributed by atoms with Gasteiger partial charge in [0.15, 0.2) is 0 Å². The van der Waals surface area contributed by atoms with E-state index in [-0.39, 0.29) is 6.04 Å². The van der Waals surface area contributed by atoms with Crippen molar-refractivity contribution in [2.24, 2.45) is 5.92 Å². The molecule has 0 amide bonds. The highest BCUT2D eigenvalue weighted by Gasteiger charge is 2.18. The molecule has 0 saturated carbocycles. The van der Waals surface area contributed by atoms with Crippen LogP contribution in [0, 0.1) is 5.92 Å². The van der Waals surface area contributed by atoms with E-state index >= 15 is 0 Å². The Morgan fingerprint density at radius 2 is 1.86 bits per heavy atom. The Balaban J connectivity index is 2.93. The number of ether oxygens (including phenoxy) is 2. The molecule has 0 spiro atoms. The highest BCUT2D eigenvalue weighted by molar-refractivity contribution is 5.42. The van der Waals surface area contributed by atoms with Crippen molar-refractivity contribution >= 4 is 0 Å². The molecule has 0 fully saturated rings. The number of methoxy groups -OCH3 is 2. The summed E-state index contributed by atoms with van der Waals surface area (Å²) in [6.07, 6.45) is 0. The lowest BCUT2D eigenvalue weighted by Gasteiger charge is -2.28. The average Bonchev–Trinajstić information content (AvgIpc) is 2.50. The van der Waals surface area contributed by atoms with E-state index in [0.29, 0.717) is 5.92 Å². The van der Waals surface area contributed by atoms with Crippen LogP contribution < -0.4 is 14.8 Å². The molecule has 1 unspecified atom stereocenters. The van der Waals surface area contributed by atoms with E-state index < -0.39 is 0 Å². The van der Waals surface area contributed by atoms with E-state index in [1.165, 1.54) is 5.56 Å². The molecule has 4 nitrogen and oxygen atoms in total. The summed E-state index contributed by atoms with van der Waals surface area (Å²) in [7, 11) is 5.37. The zero-order chi connectivity index (χ0) is 15.8. The van der Waals surface area contributed by atoms with Crippen LogP contribution in [0.3, 0.4) is 0 Å². The number of hydrogen-bond donors (Lipinski definition) is 1. The topological polar surface area (TPSA) is 33.7 Å². The van der Waals surface area contributed by atoms with Crippen LogP contribution in [-0.4, -0.2) is 45.8 Å². The standard InChI is InChI=1S/C17H30N2O2/c1-7-19(11-13(2)3)12-16(18-4)15-9-8-14(20-5)10-17(15)21-6/h8-10,13,16,18H,7,11-12H2,1-6H3. The Bertz CT molecular complexity index is 421. The average molecular weight is 294 g/mol. The first-order chi connectivity index (χ1) is 10.0. The van der Waals surface area contributed by atoms with Crippen LogP contribution in [0.15, 0.2) is 18.2 Å². The van der Waals surface area contributed by atoms with Crippen LogP contribution in [0.1, 0.15) is 32.4 Å². The van der Waals surface area contributed by atoms with Crippen molar-refractivity contribution in [3.63, 3.8) is 0 Å². The zero-order valence-corrected chi connectivity index (χ0v) is 14.3. The molecule has 0 heterocycles. The van der Waals surface area contributed by atoms with Crippen LogP contribution in [0.4, 0.5) is 0 Å². The zero-order valence-electron chi connectivity index (χ0n) is 14.3. The number of rotatable bonds is 9. The van der Waals surface area contributed by atoms with Crippen molar-refractivity contribution in [1.82, 2.24) is 10.2 Å². The molecular formula is C17H30N2O2. The molecule has 1 rings (SSSR count). The summed E-state index contributed by atoms with van der Waals surface area (Å²) in [5.41, 5.74) is 1.17. The van der Waals surface area contributed by atoms with Gasteiger partial charge >= 0.3 is 0 Å². The van der Waals surface area contributed by atoms with E-state index in [1.54, 1.807) is 14.2 Å². The summed E-state index contributed by atoms with van der Waals surface area (Å²) in [5, 5.41) is 3.41. The van der Waals surface area contributed by atoms with E-state index in [9.17, 15) is 0 Å². The Morgan fingerprint density at radius 1 is 1.14 bits per heavy atom. The molecule has 0 radical (unpaired) electrons. The Kier molecular flexibility index (Phi) is 7.54. The quantitative estimate of drug-likeness (QED) is 0.759. The van der Waals surface area contributed by atoms with Gasteiger partial charge in [-0.25, -0.2) is 0 Å². The second kappa shape index (κ2) is 8.90. The molecule has 1 atom stereocenters. The Morgan fingerprint density at radius 3 is 2.33 bits per heavy atom. The smallest absolute Gasteiger partial charge is 0.127 e. The van der Waals surface area contributed by atoms with Crippen molar-refractivity contribution in [1.29, 1.82) is 0 Å². The second-order valence-corrected chi connectivity index (χ2v) is 5.70. The van der Waals surface area contributed by atoms with E-state index in [4.69, 9.17) is 9.47 Å². The van der Waals surface area contributed by atoms with Crippen LogP contribution in [-0.2, 0) is 0 Å². The minimum absolute atomic E-state index is 0.240.